The van der Waals surface area contributed by atoms with Crippen molar-refractivity contribution in [2.24, 2.45) is 0 Å². The van der Waals surface area contributed by atoms with E-state index in [-0.39, 0.29) is 5.50 Å². The van der Waals surface area contributed by atoms with E-state index in [0.717, 1.165) is 13.1 Å². The molecule has 78 valence electrons. The molecule has 1 aliphatic heterocycles. The monoisotopic (exact) mass is 204 g/mol. The van der Waals surface area contributed by atoms with E-state index in [0.29, 0.717) is 6.17 Å². The van der Waals surface area contributed by atoms with Gasteiger partial charge in [-0.2, -0.15) is 0 Å². The number of hydrogen-bond donors (Lipinski definition) is 2. The number of hydrogen-bond acceptors (Lipinski definition) is 5. The van der Waals surface area contributed by atoms with Crippen LogP contribution in [0.1, 0.15) is 6.92 Å². The van der Waals surface area contributed by atoms with E-state index in [1.807, 2.05) is 7.05 Å². The standard InChI is InChI=1S/C8H20N4S/c1-7-11(4)9-8(13)12(7)6-5-10(2)3/h7-9,13H,5-6H2,1-4H3. The summed E-state index contributed by atoms with van der Waals surface area (Å²) in [4.78, 5) is 4.51. The fourth-order valence-corrected chi connectivity index (χ4v) is 1.91. The number of rotatable bonds is 3. The lowest BCUT2D eigenvalue weighted by atomic mass is 10.4. The zero-order chi connectivity index (χ0) is 10.0. The molecule has 0 aliphatic carbocycles. The maximum absolute atomic E-state index is 4.46. The average Bonchev–Trinajstić information content (AvgIpc) is 2.24. The van der Waals surface area contributed by atoms with Gasteiger partial charge < -0.3 is 4.90 Å². The lowest BCUT2D eigenvalue weighted by Gasteiger charge is -2.25. The van der Waals surface area contributed by atoms with Crippen molar-refractivity contribution in [1.29, 1.82) is 0 Å². The highest BCUT2D eigenvalue weighted by molar-refractivity contribution is 7.80. The minimum absolute atomic E-state index is 0.153. The van der Waals surface area contributed by atoms with Crippen LogP contribution in [-0.4, -0.2) is 60.7 Å². The molecule has 1 aliphatic rings. The molecular weight excluding hydrogens is 184 g/mol. The van der Waals surface area contributed by atoms with Crippen LogP contribution in [0.2, 0.25) is 0 Å². The van der Waals surface area contributed by atoms with Gasteiger partial charge in [-0.3, -0.25) is 4.90 Å². The molecule has 0 saturated carbocycles. The Kier molecular flexibility index (Phi) is 4.00. The van der Waals surface area contributed by atoms with E-state index in [1.165, 1.54) is 0 Å². The number of likely N-dealkylation sites (N-methyl/N-ethyl adjacent to an activating group) is 1. The summed E-state index contributed by atoms with van der Waals surface area (Å²) in [5.41, 5.74) is 3.40. The summed E-state index contributed by atoms with van der Waals surface area (Å²) in [5, 5.41) is 2.09. The highest BCUT2D eigenvalue weighted by Gasteiger charge is 2.31. The molecule has 0 radical (unpaired) electrons. The number of nitrogens with one attached hydrogen (secondary N) is 1. The molecule has 0 aromatic carbocycles. The SMILES string of the molecule is CC1N(C)NC(S)N1CCN(C)C. The van der Waals surface area contributed by atoms with Gasteiger partial charge in [0.05, 0.1) is 6.17 Å². The molecule has 4 nitrogen and oxygen atoms in total. The normalized spacial score (nSPS) is 31.8. The molecule has 5 heteroatoms. The molecule has 0 aromatic rings. The van der Waals surface area contributed by atoms with Gasteiger partial charge in [-0.1, -0.05) is 0 Å². The Bertz CT molecular complexity index is 164. The van der Waals surface area contributed by atoms with Gasteiger partial charge >= 0.3 is 0 Å². The van der Waals surface area contributed by atoms with Crippen molar-refractivity contribution < 1.29 is 0 Å². The Balaban J connectivity index is 2.39. The van der Waals surface area contributed by atoms with E-state index in [4.69, 9.17) is 0 Å². The summed E-state index contributed by atoms with van der Waals surface area (Å²) in [6.45, 7) is 4.29. The molecule has 13 heavy (non-hydrogen) atoms. The molecular formula is C8H20N4S. The summed E-state index contributed by atoms with van der Waals surface area (Å²) in [6.07, 6.45) is 0.419. The lowest BCUT2D eigenvalue weighted by molar-refractivity contribution is 0.151. The summed E-state index contributed by atoms with van der Waals surface area (Å²) >= 11 is 4.46. The van der Waals surface area contributed by atoms with Gasteiger partial charge in [0, 0.05) is 20.1 Å². The van der Waals surface area contributed by atoms with Gasteiger partial charge in [0.25, 0.3) is 0 Å². The molecule has 1 saturated heterocycles. The quantitative estimate of drug-likeness (QED) is 0.624. The van der Waals surface area contributed by atoms with Crippen molar-refractivity contribution in [3.63, 3.8) is 0 Å². The van der Waals surface area contributed by atoms with E-state index in [1.54, 1.807) is 0 Å². The maximum Gasteiger partial charge on any atom is 0.119 e. The van der Waals surface area contributed by atoms with Gasteiger partial charge in [-0.05, 0) is 21.0 Å². The third kappa shape index (κ3) is 2.82. The summed E-state index contributed by atoms with van der Waals surface area (Å²) < 4.78 is 0. The minimum Gasteiger partial charge on any atom is -0.308 e. The Morgan fingerprint density at radius 1 is 1.46 bits per heavy atom. The molecule has 2 atom stereocenters. The molecule has 1 fully saturated rings. The fraction of sp³-hybridized carbons (Fsp3) is 1.00. The van der Waals surface area contributed by atoms with E-state index in [9.17, 15) is 0 Å². The third-order valence-corrected chi connectivity index (χ3v) is 2.89. The third-order valence-electron chi connectivity index (χ3n) is 2.48. The first-order valence-electron chi connectivity index (χ1n) is 4.60. The molecule has 0 amide bonds. The summed E-state index contributed by atoms with van der Waals surface area (Å²) in [7, 11) is 6.22. The van der Waals surface area contributed by atoms with Crippen molar-refractivity contribution in [1.82, 2.24) is 20.2 Å². The molecule has 1 rings (SSSR count). The number of hydrazine groups is 1. The highest BCUT2D eigenvalue weighted by Crippen LogP contribution is 2.15. The Morgan fingerprint density at radius 3 is 2.46 bits per heavy atom. The van der Waals surface area contributed by atoms with Crippen LogP contribution < -0.4 is 5.43 Å². The first-order chi connectivity index (χ1) is 6.02. The van der Waals surface area contributed by atoms with Crippen molar-refractivity contribution in [3.05, 3.63) is 0 Å². The smallest absolute Gasteiger partial charge is 0.119 e. The zero-order valence-electron chi connectivity index (χ0n) is 8.86. The van der Waals surface area contributed by atoms with Crippen LogP contribution in [0.25, 0.3) is 0 Å². The van der Waals surface area contributed by atoms with Crippen molar-refractivity contribution in [3.8, 4) is 0 Å². The predicted molar refractivity (Wildman–Crippen MR) is 58.4 cm³/mol. The predicted octanol–water partition coefficient (Wildman–Crippen LogP) is -0.141. The summed E-state index contributed by atoms with van der Waals surface area (Å²) in [5.74, 6) is 0. The van der Waals surface area contributed by atoms with Crippen LogP contribution in [0.15, 0.2) is 0 Å². The number of nitrogens with zero attached hydrogens (tertiary/aromatic N) is 3. The summed E-state index contributed by atoms with van der Waals surface area (Å²) in [6, 6.07) is 0. The van der Waals surface area contributed by atoms with Crippen LogP contribution >= 0.6 is 12.6 Å². The Hall–Kier alpha value is 0.190. The van der Waals surface area contributed by atoms with Gasteiger partial charge in [0.15, 0.2) is 0 Å². The van der Waals surface area contributed by atoms with E-state index in [2.05, 4.69) is 53.9 Å². The topological polar surface area (TPSA) is 21.8 Å². The first-order valence-corrected chi connectivity index (χ1v) is 5.11. The Labute approximate surface area is 86.2 Å². The fourth-order valence-electron chi connectivity index (χ4n) is 1.42. The van der Waals surface area contributed by atoms with Crippen molar-refractivity contribution in [2.75, 3.05) is 34.2 Å². The van der Waals surface area contributed by atoms with Crippen LogP contribution in [0.4, 0.5) is 0 Å². The first kappa shape index (κ1) is 11.3. The van der Waals surface area contributed by atoms with Crippen LogP contribution in [0, 0.1) is 0 Å². The second-order valence-electron chi connectivity index (χ2n) is 3.79. The van der Waals surface area contributed by atoms with Gasteiger partial charge in [-0.15, -0.1) is 12.6 Å². The second-order valence-corrected chi connectivity index (χ2v) is 4.28. The zero-order valence-corrected chi connectivity index (χ0v) is 9.75. The van der Waals surface area contributed by atoms with E-state index < -0.39 is 0 Å². The Morgan fingerprint density at radius 2 is 2.08 bits per heavy atom. The maximum atomic E-state index is 4.46. The molecule has 1 heterocycles. The molecule has 0 spiro atoms. The lowest BCUT2D eigenvalue weighted by Crippen LogP contribution is -2.40. The largest absolute Gasteiger partial charge is 0.308 e. The molecule has 2 unspecified atom stereocenters. The van der Waals surface area contributed by atoms with Gasteiger partial charge in [0.1, 0.15) is 5.50 Å². The van der Waals surface area contributed by atoms with Crippen molar-refractivity contribution >= 4 is 12.6 Å². The van der Waals surface area contributed by atoms with Gasteiger partial charge in [-0.25, -0.2) is 10.4 Å². The highest BCUT2D eigenvalue weighted by atomic mass is 32.1. The van der Waals surface area contributed by atoms with Crippen LogP contribution in [0.3, 0.4) is 0 Å². The van der Waals surface area contributed by atoms with Crippen LogP contribution in [0.5, 0.6) is 0 Å². The molecule has 1 N–H and O–H groups in total. The molecule has 0 aromatic heterocycles. The van der Waals surface area contributed by atoms with E-state index >= 15 is 0 Å². The average molecular weight is 204 g/mol. The van der Waals surface area contributed by atoms with Crippen LogP contribution in [-0.2, 0) is 0 Å². The minimum atomic E-state index is 0.153. The molecule has 0 bridgehead atoms. The second kappa shape index (κ2) is 4.61. The van der Waals surface area contributed by atoms with Crippen molar-refractivity contribution in [2.45, 2.75) is 18.6 Å². The van der Waals surface area contributed by atoms with Gasteiger partial charge in [0.2, 0.25) is 0 Å². The number of thiol groups is 1.